The molecule has 1 heterocycles. The van der Waals surface area contributed by atoms with Gasteiger partial charge in [-0.05, 0) is 24.8 Å². The van der Waals surface area contributed by atoms with E-state index in [1.54, 1.807) is 6.33 Å². The summed E-state index contributed by atoms with van der Waals surface area (Å²) in [5.41, 5.74) is 1.84. The van der Waals surface area contributed by atoms with Crippen molar-refractivity contribution in [2.45, 2.75) is 52.2 Å². The Balaban J connectivity index is 2.03. The molecule has 0 bridgehead atoms. The number of ketones is 1. The van der Waals surface area contributed by atoms with Gasteiger partial charge in [0.25, 0.3) is 0 Å². The normalized spacial score (nSPS) is 13.5. The minimum atomic E-state index is -0.974. The third-order valence-corrected chi connectivity index (χ3v) is 4.21. The maximum absolute atomic E-state index is 11.8. The molecule has 1 unspecified atom stereocenters. The van der Waals surface area contributed by atoms with E-state index in [9.17, 15) is 14.7 Å². The van der Waals surface area contributed by atoms with E-state index in [-0.39, 0.29) is 12.2 Å². The molecule has 0 saturated carbocycles. The van der Waals surface area contributed by atoms with Gasteiger partial charge in [0.2, 0.25) is 0 Å². The summed E-state index contributed by atoms with van der Waals surface area (Å²) in [5, 5.41) is 12.5. The third kappa shape index (κ3) is 6.11. The van der Waals surface area contributed by atoms with Crippen LogP contribution >= 0.6 is 0 Å². The fourth-order valence-corrected chi connectivity index (χ4v) is 2.88. The van der Waals surface area contributed by atoms with E-state index in [1.165, 1.54) is 6.92 Å². The first-order valence-corrected chi connectivity index (χ1v) is 8.89. The summed E-state index contributed by atoms with van der Waals surface area (Å²) >= 11 is 0. The zero-order valence-electron chi connectivity index (χ0n) is 15.6. The van der Waals surface area contributed by atoms with Gasteiger partial charge in [-0.25, -0.2) is 4.98 Å². The van der Waals surface area contributed by atoms with E-state index in [0.717, 1.165) is 5.56 Å². The topological polar surface area (TPSA) is 84.2 Å². The quantitative estimate of drug-likeness (QED) is 0.683. The van der Waals surface area contributed by atoms with Gasteiger partial charge in [0.1, 0.15) is 11.8 Å². The highest BCUT2D eigenvalue weighted by Crippen LogP contribution is 2.10. The number of hydrogen-bond donors (Lipinski definition) is 2. The Kier molecular flexibility index (Phi) is 7.09. The van der Waals surface area contributed by atoms with Crippen LogP contribution < -0.4 is 5.32 Å². The average Bonchev–Trinajstić information content (AvgIpc) is 3.00. The lowest BCUT2D eigenvalue weighted by molar-refractivity contribution is -0.139. The second kappa shape index (κ2) is 9.29. The maximum Gasteiger partial charge on any atom is 0.321 e. The van der Waals surface area contributed by atoms with Crippen molar-refractivity contribution in [1.29, 1.82) is 0 Å². The average molecular weight is 357 g/mol. The number of carboxylic acids is 1. The number of aliphatic carboxylic acids is 1. The molecule has 0 saturated heterocycles. The molecular formula is C20H27N3O3. The highest BCUT2D eigenvalue weighted by molar-refractivity contribution is 5.82. The highest BCUT2D eigenvalue weighted by atomic mass is 16.4. The van der Waals surface area contributed by atoms with Crippen LogP contribution in [0.15, 0.2) is 42.9 Å². The number of imidazole rings is 1. The van der Waals surface area contributed by atoms with Gasteiger partial charge >= 0.3 is 5.97 Å². The maximum atomic E-state index is 11.8. The summed E-state index contributed by atoms with van der Waals surface area (Å²) in [4.78, 5) is 27.8. The number of nitrogens with one attached hydrogen (secondary N) is 1. The van der Waals surface area contributed by atoms with Gasteiger partial charge in [0.15, 0.2) is 0 Å². The van der Waals surface area contributed by atoms with Crippen molar-refractivity contribution in [3.63, 3.8) is 0 Å². The molecule has 2 N–H and O–H groups in total. The molecule has 1 aromatic heterocycles. The molecule has 140 valence electrons. The minimum Gasteiger partial charge on any atom is -0.480 e. The van der Waals surface area contributed by atoms with Crippen LogP contribution in [-0.2, 0) is 22.6 Å². The van der Waals surface area contributed by atoms with Gasteiger partial charge < -0.3 is 9.67 Å². The Bertz CT molecular complexity index is 725. The number of carbonyl (C=O) groups is 2. The van der Waals surface area contributed by atoms with Crippen LogP contribution in [-0.4, -0.2) is 38.5 Å². The molecule has 6 nitrogen and oxygen atoms in total. The number of Topliss-reactive ketones (excluding diaryl/α,β-unsaturated/α-hetero) is 1. The lowest BCUT2D eigenvalue weighted by Crippen LogP contribution is -2.48. The van der Waals surface area contributed by atoms with Gasteiger partial charge in [0, 0.05) is 19.2 Å². The van der Waals surface area contributed by atoms with Crippen LogP contribution in [0, 0.1) is 5.92 Å². The van der Waals surface area contributed by atoms with Crippen molar-refractivity contribution in [1.82, 2.24) is 14.9 Å². The smallest absolute Gasteiger partial charge is 0.321 e. The summed E-state index contributed by atoms with van der Waals surface area (Å²) in [6.07, 6.45) is 4.41. The summed E-state index contributed by atoms with van der Waals surface area (Å²) < 4.78 is 1.93. The molecule has 0 radical (unpaired) electrons. The number of nitrogens with zero attached hydrogens (tertiary/aromatic N) is 2. The van der Waals surface area contributed by atoms with Gasteiger partial charge in [-0.2, -0.15) is 0 Å². The Hall–Kier alpha value is -2.47. The summed E-state index contributed by atoms with van der Waals surface area (Å²) in [7, 11) is 0. The van der Waals surface area contributed by atoms with Crippen LogP contribution in [0.3, 0.4) is 0 Å². The summed E-state index contributed by atoms with van der Waals surface area (Å²) in [5.74, 6) is -0.715. The fraction of sp³-hybridized carbons (Fsp3) is 0.450. The van der Waals surface area contributed by atoms with Gasteiger partial charge in [0.05, 0.1) is 18.1 Å². The molecule has 1 aromatic carbocycles. The van der Waals surface area contributed by atoms with Crippen molar-refractivity contribution in [3.05, 3.63) is 54.1 Å². The monoisotopic (exact) mass is 357 g/mol. The van der Waals surface area contributed by atoms with E-state index in [0.29, 0.717) is 24.6 Å². The van der Waals surface area contributed by atoms with Crippen molar-refractivity contribution >= 4 is 11.8 Å². The fourth-order valence-electron chi connectivity index (χ4n) is 2.88. The van der Waals surface area contributed by atoms with Crippen LogP contribution in [0.25, 0.3) is 0 Å². The molecule has 0 fully saturated rings. The Labute approximate surface area is 154 Å². The zero-order chi connectivity index (χ0) is 19.1. The van der Waals surface area contributed by atoms with Crippen LogP contribution in [0.5, 0.6) is 0 Å². The van der Waals surface area contributed by atoms with Crippen molar-refractivity contribution in [2.75, 3.05) is 0 Å². The molecule has 2 atom stereocenters. The molecule has 2 rings (SSSR count). The van der Waals surface area contributed by atoms with Crippen LogP contribution in [0.4, 0.5) is 0 Å². The number of rotatable bonds is 10. The van der Waals surface area contributed by atoms with Gasteiger partial charge in [-0.3, -0.25) is 14.9 Å². The van der Waals surface area contributed by atoms with Crippen molar-refractivity contribution in [2.24, 2.45) is 5.92 Å². The first-order valence-electron chi connectivity index (χ1n) is 8.89. The molecule has 26 heavy (non-hydrogen) atoms. The molecule has 0 aliphatic rings. The van der Waals surface area contributed by atoms with E-state index in [4.69, 9.17) is 0 Å². The molecular weight excluding hydrogens is 330 g/mol. The summed E-state index contributed by atoms with van der Waals surface area (Å²) in [6.45, 7) is 6.20. The number of carbonyl (C=O) groups excluding carboxylic acids is 1. The number of hydrogen-bond acceptors (Lipinski definition) is 4. The standard InChI is InChI=1S/C20H27N3O3/c1-14(2)9-18(15(3)24)22-19(20(25)26)10-17-12-23(13-21-17)11-16-7-5-4-6-8-16/h4-8,12-14,18-19,22H,9-11H2,1-3H3,(H,25,26)/t18?,19-/m1/s1. The zero-order valence-corrected chi connectivity index (χ0v) is 15.6. The first kappa shape index (κ1) is 19.8. The van der Waals surface area contributed by atoms with Crippen LogP contribution in [0.2, 0.25) is 0 Å². The lowest BCUT2D eigenvalue weighted by Gasteiger charge is -2.22. The second-order valence-corrected chi connectivity index (χ2v) is 7.08. The molecule has 2 aromatic rings. The second-order valence-electron chi connectivity index (χ2n) is 7.08. The van der Waals surface area contributed by atoms with E-state index in [1.807, 2.05) is 54.9 Å². The molecule has 0 aliphatic heterocycles. The third-order valence-electron chi connectivity index (χ3n) is 4.21. The molecule has 0 amide bonds. The van der Waals surface area contributed by atoms with E-state index < -0.39 is 18.1 Å². The van der Waals surface area contributed by atoms with Gasteiger partial charge in [-0.1, -0.05) is 44.2 Å². The molecule has 0 spiro atoms. The Morgan fingerprint density at radius 2 is 1.88 bits per heavy atom. The van der Waals surface area contributed by atoms with Crippen LogP contribution in [0.1, 0.15) is 38.4 Å². The largest absolute Gasteiger partial charge is 0.480 e. The Morgan fingerprint density at radius 1 is 1.19 bits per heavy atom. The Morgan fingerprint density at radius 3 is 2.46 bits per heavy atom. The summed E-state index contributed by atoms with van der Waals surface area (Å²) in [6, 6.07) is 8.69. The van der Waals surface area contributed by atoms with E-state index in [2.05, 4.69) is 10.3 Å². The van der Waals surface area contributed by atoms with Gasteiger partial charge in [-0.15, -0.1) is 0 Å². The highest BCUT2D eigenvalue weighted by Gasteiger charge is 2.25. The van der Waals surface area contributed by atoms with Crippen molar-refractivity contribution in [3.8, 4) is 0 Å². The molecule has 6 heteroatoms. The predicted molar refractivity (Wildman–Crippen MR) is 100.0 cm³/mol. The molecule has 0 aliphatic carbocycles. The lowest BCUT2D eigenvalue weighted by atomic mass is 9.99. The predicted octanol–water partition coefficient (Wildman–Crippen LogP) is 2.52. The van der Waals surface area contributed by atoms with E-state index >= 15 is 0 Å². The SMILES string of the molecule is CC(=O)C(CC(C)C)N[C@H](Cc1cn(Cc2ccccc2)cn1)C(=O)O. The minimum absolute atomic E-state index is 0.0421. The first-order chi connectivity index (χ1) is 12.3. The van der Waals surface area contributed by atoms with Crippen molar-refractivity contribution < 1.29 is 14.7 Å². The number of benzene rings is 1. The number of carboxylic acid groups (broad SMARTS) is 1. The number of aromatic nitrogens is 2.